The number of rotatable bonds is 4. The third-order valence-electron chi connectivity index (χ3n) is 3.32. The van der Waals surface area contributed by atoms with Crippen LogP contribution in [0.5, 0.6) is 0 Å². The van der Waals surface area contributed by atoms with Gasteiger partial charge in [-0.05, 0) is 53.7 Å². The van der Waals surface area contributed by atoms with Crippen LogP contribution in [-0.4, -0.2) is 40.1 Å². The quantitative estimate of drug-likeness (QED) is 0.867. The normalized spacial score (nSPS) is 19.2. The molecular formula is C13H17BrN2O2. The Labute approximate surface area is 115 Å². The van der Waals surface area contributed by atoms with Gasteiger partial charge in [-0.2, -0.15) is 0 Å². The van der Waals surface area contributed by atoms with E-state index in [1.807, 2.05) is 4.90 Å². The van der Waals surface area contributed by atoms with Crippen LogP contribution in [0.3, 0.4) is 0 Å². The van der Waals surface area contributed by atoms with Gasteiger partial charge in [0.2, 0.25) is 0 Å². The summed E-state index contributed by atoms with van der Waals surface area (Å²) in [6.45, 7) is 0.991. The first-order valence-corrected chi connectivity index (χ1v) is 7.05. The monoisotopic (exact) mass is 312 g/mol. The van der Waals surface area contributed by atoms with Gasteiger partial charge in [0.25, 0.3) is 5.91 Å². The SMILES string of the molecule is O=C(c1cccnc1Br)N1CCCC1CCCO. The molecule has 1 amide bonds. The zero-order chi connectivity index (χ0) is 13.0. The number of likely N-dealkylation sites (tertiary alicyclic amines) is 1. The van der Waals surface area contributed by atoms with Crippen molar-refractivity contribution >= 4 is 21.8 Å². The number of aliphatic hydroxyl groups is 1. The third-order valence-corrected chi connectivity index (χ3v) is 3.95. The molecule has 1 N–H and O–H groups in total. The van der Waals surface area contributed by atoms with Gasteiger partial charge in [-0.1, -0.05) is 0 Å². The number of carbonyl (C=O) groups is 1. The molecule has 1 unspecified atom stereocenters. The fourth-order valence-electron chi connectivity index (χ4n) is 2.43. The molecule has 1 saturated heterocycles. The van der Waals surface area contributed by atoms with E-state index in [0.717, 1.165) is 32.2 Å². The Bertz CT molecular complexity index is 425. The molecule has 0 aromatic carbocycles. The van der Waals surface area contributed by atoms with E-state index >= 15 is 0 Å². The summed E-state index contributed by atoms with van der Waals surface area (Å²) < 4.78 is 0.600. The van der Waals surface area contributed by atoms with Gasteiger partial charge in [-0.25, -0.2) is 4.98 Å². The molecule has 0 radical (unpaired) electrons. The van der Waals surface area contributed by atoms with Crippen LogP contribution >= 0.6 is 15.9 Å². The number of nitrogens with zero attached hydrogens (tertiary/aromatic N) is 2. The number of hydrogen-bond donors (Lipinski definition) is 1. The van der Waals surface area contributed by atoms with Crippen LogP contribution in [0.1, 0.15) is 36.0 Å². The number of amides is 1. The van der Waals surface area contributed by atoms with Gasteiger partial charge in [0.15, 0.2) is 0 Å². The third kappa shape index (κ3) is 2.90. The van der Waals surface area contributed by atoms with Gasteiger partial charge in [-0.3, -0.25) is 4.79 Å². The molecule has 4 nitrogen and oxygen atoms in total. The highest BCUT2D eigenvalue weighted by Crippen LogP contribution is 2.25. The molecule has 2 rings (SSSR count). The van der Waals surface area contributed by atoms with E-state index in [-0.39, 0.29) is 18.6 Å². The van der Waals surface area contributed by atoms with Crippen molar-refractivity contribution in [3.05, 3.63) is 28.5 Å². The molecule has 5 heteroatoms. The number of halogens is 1. The maximum absolute atomic E-state index is 12.4. The van der Waals surface area contributed by atoms with Gasteiger partial charge in [-0.15, -0.1) is 0 Å². The van der Waals surface area contributed by atoms with Crippen LogP contribution in [0.2, 0.25) is 0 Å². The summed E-state index contributed by atoms with van der Waals surface area (Å²) in [5.41, 5.74) is 0.619. The minimum atomic E-state index is 0.0374. The summed E-state index contributed by atoms with van der Waals surface area (Å²) in [6.07, 6.45) is 5.36. The lowest BCUT2D eigenvalue weighted by molar-refractivity contribution is 0.0723. The van der Waals surface area contributed by atoms with Crippen LogP contribution in [0.4, 0.5) is 0 Å². The summed E-state index contributed by atoms with van der Waals surface area (Å²) in [7, 11) is 0. The summed E-state index contributed by atoms with van der Waals surface area (Å²) in [6, 6.07) is 3.83. The van der Waals surface area contributed by atoms with Crippen molar-refractivity contribution in [3.63, 3.8) is 0 Å². The van der Waals surface area contributed by atoms with Gasteiger partial charge in [0, 0.05) is 25.4 Å². The average molecular weight is 313 g/mol. The van der Waals surface area contributed by atoms with Crippen molar-refractivity contribution in [2.24, 2.45) is 0 Å². The molecule has 0 spiro atoms. The van der Waals surface area contributed by atoms with E-state index in [4.69, 9.17) is 5.11 Å². The number of aromatic nitrogens is 1. The topological polar surface area (TPSA) is 53.4 Å². The molecule has 2 heterocycles. The molecule has 1 aromatic heterocycles. The number of hydrogen-bond acceptors (Lipinski definition) is 3. The Morgan fingerprint density at radius 2 is 2.44 bits per heavy atom. The fourth-order valence-corrected chi connectivity index (χ4v) is 2.85. The number of pyridine rings is 1. The average Bonchev–Trinajstić information content (AvgIpc) is 2.84. The predicted molar refractivity (Wildman–Crippen MR) is 72.3 cm³/mol. The summed E-state index contributed by atoms with van der Waals surface area (Å²) in [5, 5.41) is 8.89. The lowest BCUT2D eigenvalue weighted by Gasteiger charge is -2.24. The standard InChI is InChI=1S/C13H17BrN2O2/c14-12-11(6-1-7-15-12)13(18)16-8-2-4-10(16)5-3-9-17/h1,6-7,10,17H,2-5,8-9H2. The molecule has 1 aliphatic rings. The van der Waals surface area contributed by atoms with E-state index in [1.165, 1.54) is 0 Å². The smallest absolute Gasteiger partial charge is 0.256 e. The van der Waals surface area contributed by atoms with Crippen molar-refractivity contribution in [2.45, 2.75) is 31.7 Å². The highest BCUT2D eigenvalue weighted by molar-refractivity contribution is 9.10. The van der Waals surface area contributed by atoms with E-state index < -0.39 is 0 Å². The van der Waals surface area contributed by atoms with Crippen molar-refractivity contribution in [3.8, 4) is 0 Å². The van der Waals surface area contributed by atoms with Crippen LogP contribution in [0, 0.1) is 0 Å². The Kier molecular flexibility index (Phi) is 4.72. The molecule has 1 aliphatic heterocycles. The van der Waals surface area contributed by atoms with Gasteiger partial charge in [0.05, 0.1) is 5.56 Å². The minimum Gasteiger partial charge on any atom is -0.396 e. The lowest BCUT2D eigenvalue weighted by atomic mass is 10.1. The molecule has 1 fully saturated rings. The zero-order valence-corrected chi connectivity index (χ0v) is 11.8. The zero-order valence-electron chi connectivity index (χ0n) is 10.2. The maximum atomic E-state index is 12.4. The molecule has 0 bridgehead atoms. The highest BCUT2D eigenvalue weighted by atomic mass is 79.9. The second kappa shape index (κ2) is 6.29. The van der Waals surface area contributed by atoms with Crippen molar-refractivity contribution in [1.29, 1.82) is 0 Å². The molecule has 1 aromatic rings. The van der Waals surface area contributed by atoms with Gasteiger partial charge >= 0.3 is 0 Å². The van der Waals surface area contributed by atoms with Crippen LogP contribution < -0.4 is 0 Å². The highest BCUT2D eigenvalue weighted by Gasteiger charge is 2.29. The second-order valence-electron chi connectivity index (χ2n) is 4.50. The van der Waals surface area contributed by atoms with E-state index in [1.54, 1.807) is 18.3 Å². The first-order chi connectivity index (χ1) is 8.74. The summed E-state index contributed by atoms with van der Waals surface area (Å²) in [5.74, 6) is 0.0374. The van der Waals surface area contributed by atoms with Crippen LogP contribution in [-0.2, 0) is 0 Å². The van der Waals surface area contributed by atoms with Crippen LogP contribution in [0.25, 0.3) is 0 Å². The Hall–Kier alpha value is -0.940. The molecule has 0 saturated carbocycles. The van der Waals surface area contributed by atoms with Crippen molar-refractivity contribution in [1.82, 2.24) is 9.88 Å². The fraction of sp³-hybridized carbons (Fsp3) is 0.538. The van der Waals surface area contributed by atoms with Gasteiger partial charge in [0.1, 0.15) is 4.60 Å². The molecule has 98 valence electrons. The molecular weight excluding hydrogens is 296 g/mol. The Morgan fingerprint density at radius 3 is 3.17 bits per heavy atom. The van der Waals surface area contributed by atoms with Crippen LogP contribution in [0.15, 0.2) is 22.9 Å². The minimum absolute atomic E-state index is 0.0374. The van der Waals surface area contributed by atoms with Crippen molar-refractivity contribution < 1.29 is 9.90 Å². The van der Waals surface area contributed by atoms with E-state index in [9.17, 15) is 4.79 Å². The Balaban J connectivity index is 2.10. The van der Waals surface area contributed by atoms with Crippen molar-refractivity contribution in [2.75, 3.05) is 13.2 Å². The summed E-state index contributed by atoms with van der Waals surface area (Å²) in [4.78, 5) is 18.4. The summed E-state index contributed by atoms with van der Waals surface area (Å²) >= 11 is 3.32. The Morgan fingerprint density at radius 1 is 1.61 bits per heavy atom. The molecule has 18 heavy (non-hydrogen) atoms. The molecule has 1 atom stereocenters. The molecule has 0 aliphatic carbocycles. The van der Waals surface area contributed by atoms with E-state index in [0.29, 0.717) is 10.2 Å². The van der Waals surface area contributed by atoms with E-state index in [2.05, 4.69) is 20.9 Å². The number of carbonyl (C=O) groups excluding carboxylic acids is 1. The predicted octanol–water partition coefficient (Wildman–Crippen LogP) is 2.22. The lowest BCUT2D eigenvalue weighted by Crippen LogP contribution is -2.35. The second-order valence-corrected chi connectivity index (χ2v) is 5.25. The maximum Gasteiger partial charge on any atom is 0.256 e. The number of aliphatic hydroxyl groups excluding tert-OH is 1. The first kappa shape index (κ1) is 13.5. The van der Waals surface area contributed by atoms with Gasteiger partial charge < -0.3 is 10.0 Å². The largest absolute Gasteiger partial charge is 0.396 e. The first-order valence-electron chi connectivity index (χ1n) is 6.26.